The number of ether oxygens (including phenoxy) is 1. The van der Waals surface area contributed by atoms with Crippen molar-refractivity contribution in [3.63, 3.8) is 0 Å². The van der Waals surface area contributed by atoms with E-state index in [4.69, 9.17) is 4.74 Å². The van der Waals surface area contributed by atoms with Gasteiger partial charge in [0.1, 0.15) is 16.5 Å². The number of piperazine rings is 1. The van der Waals surface area contributed by atoms with Crippen LogP contribution in [0, 0.1) is 6.92 Å². The van der Waals surface area contributed by atoms with Crippen molar-refractivity contribution in [3.05, 3.63) is 70.7 Å². The Bertz CT molecular complexity index is 1040. The molecule has 0 radical (unpaired) electrons. The Kier molecular flexibility index (Phi) is 5.81. The number of methoxy groups -OCH3 is 1. The monoisotopic (exact) mass is 421 g/mol. The molecule has 4 rings (SSSR count). The maximum atomic E-state index is 12.9. The van der Waals surface area contributed by atoms with Crippen LogP contribution in [0.3, 0.4) is 0 Å². The number of benzene rings is 2. The molecule has 1 aliphatic rings. The molecule has 7 heteroatoms. The summed E-state index contributed by atoms with van der Waals surface area (Å²) in [6.45, 7) is 4.05. The summed E-state index contributed by atoms with van der Waals surface area (Å²) in [7, 11) is 1.63. The molecule has 1 aliphatic heterocycles. The highest BCUT2D eigenvalue weighted by molar-refractivity contribution is 7.13. The molecule has 1 fully saturated rings. The zero-order chi connectivity index (χ0) is 21.1. The van der Waals surface area contributed by atoms with Gasteiger partial charge in [-0.05, 0) is 43.3 Å². The summed E-state index contributed by atoms with van der Waals surface area (Å²) in [5.41, 5.74) is 3.21. The fraction of sp³-hybridized carbons (Fsp3) is 0.261. The summed E-state index contributed by atoms with van der Waals surface area (Å²) in [5.74, 6) is 0.704. The number of hydrogen-bond acceptors (Lipinski definition) is 5. The number of hydrogen-bond donors (Lipinski definition) is 0. The lowest BCUT2D eigenvalue weighted by Crippen LogP contribution is -2.50. The van der Waals surface area contributed by atoms with E-state index in [1.807, 2.05) is 55.5 Å². The molecule has 2 heterocycles. The molecule has 0 bridgehead atoms. The second-order valence-electron chi connectivity index (χ2n) is 7.22. The van der Waals surface area contributed by atoms with Crippen molar-refractivity contribution in [1.29, 1.82) is 0 Å². The fourth-order valence-corrected chi connectivity index (χ4v) is 4.19. The van der Waals surface area contributed by atoms with Gasteiger partial charge in [-0.1, -0.05) is 17.7 Å². The van der Waals surface area contributed by atoms with Crippen molar-refractivity contribution in [3.8, 4) is 16.3 Å². The third kappa shape index (κ3) is 4.21. The molecule has 2 amide bonds. The maximum Gasteiger partial charge on any atom is 0.273 e. The van der Waals surface area contributed by atoms with E-state index in [9.17, 15) is 9.59 Å². The van der Waals surface area contributed by atoms with Crippen LogP contribution in [0.4, 0.5) is 0 Å². The van der Waals surface area contributed by atoms with E-state index in [0.717, 1.165) is 21.9 Å². The molecule has 154 valence electrons. The van der Waals surface area contributed by atoms with Crippen molar-refractivity contribution in [2.24, 2.45) is 0 Å². The normalized spacial score (nSPS) is 13.9. The van der Waals surface area contributed by atoms with Gasteiger partial charge >= 0.3 is 0 Å². The van der Waals surface area contributed by atoms with Crippen LogP contribution in [0.2, 0.25) is 0 Å². The summed E-state index contributed by atoms with van der Waals surface area (Å²) >= 11 is 1.45. The van der Waals surface area contributed by atoms with Crippen LogP contribution >= 0.6 is 11.3 Å². The lowest BCUT2D eigenvalue weighted by atomic mass is 10.1. The number of aromatic nitrogens is 1. The molecule has 6 nitrogen and oxygen atoms in total. The Hall–Kier alpha value is -3.19. The highest BCUT2D eigenvalue weighted by Crippen LogP contribution is 2.26. The molecule has 2 aromatic carbocycles. The third-order valence-electron chi connectivity index (χ3n) is 5.21. The first-order valence-corrected chi connectivity index (χ1v) is 10.7. The van der Waals surface area contributed by atoms with Gasteiger partial charge in [0.15, 0.2) is 0 Å². The van der Waals surface area contributed by atoms with Crippen LogP contribution in [0.5, 0.6) is 5.75 Å². The molecule has 0 atom stereocenters. The van der Waals surface area contributed by atoms with Crippen molar-refractivity contribution < 1.29 is 14.3 Å². The Morgan fingerprint density at radius 1 is 0.900 bits per heavy atom. The summed E-state index contributed by atoms with van der Waals surface area (Å²) in [4.78, 5) is 33.6. The molecular weight excluding hydrogens is 398 g/mol. The largest absolute Gasteiger partial charge is 0.497 e. The zero-order valence-corrected chi connectivity index (χ0v) is 17.8. The van der Waals surface area contributed by atoms with E-state index < -0.39 is 0 Å². The van der Waals surface area contributed by atoms with E-state index in [1.165, 1.54) is 11.3 Å². The van der Waals surface area contributed by atoms with Crippen molar-refractivity contribution in [2.75, 3.05) is 33.3 Å². The first-order chi connectivity index (χ1) is 14.5. The van der Waals surface area contributed by atoms with E-state index in [1.54, 1.807) is 22.3 Å². The van der Waals surface area contributed by atoms with E-state index in [0.29, 0.717) is 37.4 Å². The SMILES string of the molecule is COc1ccc(-c2nc(C(=O)N3CCN(C(=O)c4ccc(C)cc4)CC3)cs2)cc1. The van der Waals surface area contributed by atoms with E-state index in [2.05, 4.69) is 4.98 Å². The van der Waals surface area contributed by atoms with Crippen molar-refractivity contribution in [1.82, 2.24) is 14.8 Å². The first kappa shape index (κ1) is 20.1. The second-order valence-corrected chi connectivity index (χ2v) is 8.07. The predicted molar refractivity (Wildman–Crippen MR) is 117 cm³/mol. The standard InChI is InChI=1S/C23H23N3O3S/c1-16-3-5-18(6-4-16)22(27)25-11-13-26(14-12-25)23(28)20-15-30-21(24-20)17-7-9-19(29-2)10-8-17/h3-10,15H,11-14H2,1-2H3. The first-order valence-electron chi connectivity index (χ1n) is 9.80. The number of thiazole rings is 1. The Labute approximate surface area is 179 Å². The quantitative estimate of drug-likeness (QED) is 0.644. The number of amides is 2. The molecule has 30 heavy (non-hydrogen) atoms. The summed E-state index contributed by atoms with van der Waals surface area (Å²) in [5, 5.41) is 2.60. The fourth-order valence-electron chi connectivity index (χ4n) is 3.39. The molecule has 0 spiro atoms. The highest BCUT2D eigenvalue weighted by atomic mass is 32.1. The third-order valence-corrected chi connectivity index (χ3v) is 6.10. The smallest absolute Gasteiger partial charge is 0.273 e. The van der Waals surface area contributed by atoms with E-state index >= 15 is 0 Å². The average Bonchev–Trinajstić information content (AvgIpc) is 3.29. The summed E-state index contributed by atoms with van der Waals surface area (Å²) < 4.78 is 5.18. The maximum absolute atomic E-state index is 12.9. The summed E-state index contributed by atoms with van der Waals surface area (Å²) in [6.07, 6.45) is 0. The number of carbonyl (C=O) groups is 2. The van der Waals surface area contributed by atoms with Gasteiger partial charge in [0, 0.05) is 42.7 Å². The minimum Gasteiger partial charge on any atom is -0.497 e. The number of carbonyl (C=O) groups excluding carboxylic acids is 2. The van der Waals surface area contributed by atoms with Crippen LogP contribution in [-0.4, -0.2) is 59.9 Å². The van der Waals surface area contributed by atoms with Gasteiger partial charge < -0.3 is 14.5 Å². The van der Waals surface area contributed by atoms with Crippen LogP contribution in [0.1, 0.15) is 26.4 Å². The minimum atomic E-state index is -0.0894. The van der Waals surface area contributed by atoms with Gasteiger partial charge in [-0.25, -0.2) is 4.98 Å². The zero-order valence-electron chi connectivity index (χ0n) is 17.0. The van der Waals surface area contributed by atoms with Gasteiger partial charge in [0.25, 0.3) is 11.8 Å². The van der Waals surface area contributed by atoms with Gasteiger partial charge in [0.05, 0.1) is 7.11 Å². The van der Waals surface area contributed by atoms with Crippen molar-refractivity contribution in [2.45, 2.75) is 6.92 Å². The van der Waals surface area contributed by atoms with Crippen LogP contribution < -0.4 is 4.74 Å². The van der Waals surface area contributed by atoms with Gasteiger partial charge in [-0.15, -0.1) is 11.3 Å². The number of nitrogens with zero attached hydrogens (tertiary/aromatic N) is 3. The Morgan fingerprint density at radius 3 is 2.10 bits per heavy atom. The topological polar surface area (TPSA) is 62.7 Å². The van der Waals surface area contributed by atoms with Gasteiger partial charge in [0.2, 0.25) is 0 Å². The average molecular weight is 422 g/mol. The predicted octanol–water partition coefficient (Wildman–Crippen LogP) is 3.73. The van der Waals surface area contributed by atoms with Crippen LogP contribution in [0.15, 0.2) is 53.9 Å². The molecule has 0 N–H and O–H groups in total. The lowest BCUT2D eigenvalue weighted by Gasteiger charge is -2.34. The number of rotatable bonds is 4. The lowest BCUT2D eigenvalue weighted by molar-refractivity contribution is 0.0533. The molecule has 1 saturated heterocycles. The highest BCUT2D eigenvalue weighted by Gasteiger charge is 2.26. The number of aryl methyl sites for hydroxylation is 1. The van der Waals surface area contributed by atoms with Gasteiger partial charge in [-0.2, -0.15) is 0 Å². The minimum absolute atomic E-state index is 0.0116. The Balaban J connectivity index is 1.38. The molecule has 0 unspecified atom stereocenters. The van der Waals surface area contributed by atoms with E-state index in [-0.39, 0.29) is 11.8 Å². The molecule has 0 saturated carbocycles. The van der Waals surface area contributed by atoms with Gasteiger partial charge in [-0.3, -0.25) is 9.59 Å². The summed E-state index contributed by atoms with van der Waals surface area (Å²) in [6, 6.07) is 15.2. The second kappa shape index (κ2) is 8.67. The van der Waals surface area contributed by atoms with Crippen LogP contribution in [0.25, 0.3) is 10.6 Å². The Morgan fingerprint density at radius 2 is 1.50 bits per heavy atom. The molecule has 0 aliphatic carbocycles. The van der Waals surface area contributed by atoms with Crippen LogP contribution in [-0.2, 0) is 0 Å². The van der Waals surface area contributed by atoms with Crippen molar-refractivity contribution >= 4 is 23.2 Å². The molecular formula is C23H23N3O3S. The molecule has 3 aromatic rings. The molecule has 1 aromatic heterocycles.